The van der Waals surface area contributed by atoms with Crippen LogP contribution in [0.5, 0.6) is 0 Å². The number of aryl methyl sites for hydroxylation is 1. The van der Waals surface area contributed by atoms with Crippen molar-refractivity contribution in [1.82, 2.24) is 0 Å². The molecule has 3 rings (SSSR count). The lowest BCUT2D eigenvalue weighted by Crippen LogP contribution is -2.19. The zero-order chi connectivity index (χ0) is 13.2. The predicted molar refractivity (Wildman–Crippen MR) is 77.6 cm³/mol. The SMILES string of the molecule is O=C1Nc2ccccc2CC[C@H]1c1ccccc1Cl. The van der Waals surface area contributed by atoms with E-state index in [4.69, 9.17) is 11.6 Å². The highest BCUT2D eigenvalue weighted by atomic mass is 35.5. The van der Waals surface area contributed by atoms with Gasteiger partial charge in [0.15, 0.2) is 0 Å². The minimum atomic E-state index is -0.180. The summed E-state index contributed by atoms with van der Waals surface area (Å²) in [7, 11) is 0. The Balaban J connectivity index is 1.95. The van der Waals surface area contributed by atoms with Gasteiger partial charge < -0.3 is 5.32 Å². The van der Waals surface area contributed by atoms with Gasteiger partial charge in [-0.25, -0.2) is 0 Å². The van der Waals surface area contributed by atoms with Crippen LogP contribution in [0.25, 0.3) is 0 Å². The van der Waals surface area contributed by atoms with Gasteiger partial charge in [0.25, 0.3) is 0 Å². The number of carbonyl (C=O) groups is 1. The maximum absolute atomic E-state index is 12.4. The number of carbonyl (C=O) groups excluding carboxylic acids is 1. The van der Waals surface area contributed by atoms with Crippen LogP contribution in [0.3, 0.4) is 0 Å². The zero-order valence-corrected chi connectivity index (χ0v) is 11.2. The highest BCUT2D eigenvalue weighted by molar-refractivity contribution is 6.31. The summed E-state index contributed by atoms with van der Waals surface area (Å²) in [6.07, 6.45) is 1.66. The number of anilines is 1. The molecule has 1 aliphatic heterocycles. The Kier molecular flexibility index (Phi) is 3.26. The molecule has 1 amide bonds. The highest BCUT2D eigenvalue weighted by Crippen LogP contribution is 2.33. The molecular formula is C16H14ClNO. The molecule has 3 heteroatoms. The molecule has 2 nitrogen and oxygen atoms in total. The molecule has 0 fully saturated rings. The first-order valence-electron chi connectivity index (χ1n) is 6.39. The van der Waals surface area contributed by atoms with E-state index in [0.717, 1.165) is 24.1 Å². The second-order valence-electron chi connectivity index (χ2n) is 4.76. The fraction of sp³-hybridized carbons (Fsp3) is 0.188. The molecule has 1 N–H and O–H groups in total. The van der Waals surface area contributed by atoms with E-state index in [1.165, 1.54) is 5.56 Å². The van der Waals surface area contributed by atoms with Crippen LogP contribution in [0.1, 0.15) is 23.5 Å². The van der Waals surface area contributed by atoms with Crippen molar-refractivity contribution < 1.29 is 4.79 Å². The van der Waals surface area contributed by atoms with Crippen LogP contribution >= 0.6 is 11.6 Å². The smallest absolute Gasteiger partial charge is 0.231 e. The third-order valence-electron chi connectivity index (χ3n) is 3.57. The van der Waals surface area contributed by atoms with E-state index in [9.17, 15) is 4.79 Å². The van der Waals surface area contributed by atoms with Gasteiger partial charge in [0, 0.05) is 10.7 Å². The van der Waals surface area contributed by atoms with Gasteiger partial charge in [0.1, 0.15) is 0 Å². The molecule has 0 aliphatic carbocycles. The average molecular weight is 272 g/mol. The van der Waals surface area contributed by atoms with E-state index in [2.05, 4.69) is 11.4 Å². The van der Waals surface area contributed by atoms with Gasteiger partial charge in [-0.1, -0.05) is 48.0 Å². The van der Waals surface area contributed by atoms with Crippen LogP contribution in [0.2, 0.25) is 5.02 Å². The molecule has 0 aromatic heterocycles. The van der Waals surface area contributed by atoms with Crippen LogP contribution in [-0.4, -0.2) is 5.91 Å². The molecule has 2 aromatic carbocycles. The first-order chi connectivity index (χ1) is 9.25. The van der Waals surface area contributed by atoms with E-state index in [0.29, 0.717) is 5.02 Å². The van der Waals surface area contributed by atoms with Gasteiger partial charge in [0.05, 0.1) is 5.92 Å². The summed E-state index contributed by atoms with van der Waals surface area (Å²) in [6, 6.07) is 15.5. The fourth-order valence-corrected chi connectivity index (χ4v) is 2.83. The summed E-state index contributed by atoms with van der Waals surface area (Å²) in [4.78, 5) is 12.4. The Morgan fingerprint density at radius 1 is 1.05 bits per heavy atom. The molecule has 2 aromatic rings. The van der Waals surface area contributed by atoms with E-state index in [1.54, 1.807) is 0 Å². The second-order valence-corrected chi connectivity index (χ2v) is 5.17. The molecule has 1 aliphatic rings. The lowest BCUT2D eigenvalue weighted by atomic mass is 9.93. The van der Waals surface area contributed by atoms with Crippen LogP contribution in [-0.2, 0) is 11.2 Å². The molecule has 0 radical (unpaired) electrons. The number of hydrogen-bond acceptors (Lipinski definition) is 1. The van der Waals surface area contributed by atoms with Crippen molar-refractivity contribution in [1.29, 1.82) is 0 Å². The number of hydrogen-bond donors (Lipinski definition) is 1. The van der Waals surface area contributed by atoms with Gasteiger partial charge in [-0.3, -0.25) is 4.79 Å². The van der Waals surface area contributed by atoms with Crippen molar-refractivity contribution in [3.05, 3.63) is 64.7 Å². The summed E-state index contributed by atoms with van der Waals surface area (Å²) in [5, 5.41) is 3.66. The lowest BCUT2D eigenvalue weighted by Gasteiger charge is -2.14. The third-order valence-corrected chi connectivity index (χ3v) is 3.92. The second kappa shape index (κ2) is 5.06. The number of benzene rings is 2. The standard InChI is InChI=1S/C16H14ClNO/c17-14-7-3-2-6-12(14)13-10-9-11-5-1-4-8-15(11)18-16(13)19/h1-8,13H,9-10H2,(H,18,19)/t13-/m0/s1. The van der Waals surface area contributed by atoms with Crippen molar-refractivity contribution in [2.45, 2.75) is 18.8 Å². The summed E-state index contributed by atoms with van der Waals surface area (Å²) in [5.41, 5.74) is 3.02. The Morgan fingerprint density at radius 3 is 2.63 bits per heavy atom. The van der Waals surface area contributed by atoms with Gasteiger partial charge in [-0.15, -0.1) is 0 Å². The average Bonchev–Trinajstić information content (AvgIpc) is 2.58. The van der Waals surface area contributed by atoms with Crippen molar-refractivity contribution in [3.63, 3.8) is 0 Å². The molecule has 19 heavy (non-hydrogen) atoms. The molecule has 0 bridgehead atoms. The Labute approximate surface area is 117 Å². The number of halogens is 1. The zero-order valence-electron chi connectivity index (χ0n) is 10.4. The highest BCUT2D eigenvalue weighted by Gasteiger charge is 2.26. The maximum Gasteiger partial charge on any atom is 0.231 e. The molecule has 1 heterocycles. The number of para-hydroxylation sites is 1. The molecule has 0 unspecified atom stereocenters. The van der Waals surface area contributed by atoms with Gasteiger partial charge >= 0.3 is 0 Å². The molecular weight excluding hydrogens is 258 g/mol. The van der Waals surface area contributed by atoms with Crippen LogP contribution in [0.4, 0.5) is 5.69 Å². The normalized spacial score (nSPS) is 18.4. The Bertz CT molecular complexity index is 624. The molecule has 0 spiro atoms. The lowest BCUT2D eigenvalue weighted by molar-refractivity contribution is -0.117. The van der Waals surface area contributed by atoms with E-state index in [1.807, 2.05) is 42.5 Å². The molecule has 0 saturated heterocycles. The van der Waals surface area contributed by atoms with Crippen LogP contribution in [0, 0.1) is 0 Å². The van der Waals surface area contributed by atoms with E-state index >= 15 is 0 Å². The van der Waals surface area contributed by atoms with Crippen molar-refractivity contribution in [3.8, 4) is 0 Å². The monoisotopic (exact) mass is 271 g/mol. The van der Waals surface area contributed by atoms with Gasteiger partial charge in [-0.2, -0.15) is 0 Å². The maximum atomic E-state index is 12.4. The van der Waals surface area contributed by atoms with Crippen molar-refractivity contribution >= 4 is 23.2 Å². The largest absolute Gasteiger partial charge is 0.325 e. The summed E-state index contributed by atoms with van der Waals surface area (Å²) >= 11 is 6.21. The quantitative estimate of drug-likeness (QED) is 0.834. The van der Waals surface area contributed by atoms with Crippen molar-refractivity contribution in [2.24, 2.45) is 0 Å². The number of fused-ring (bicyclic) bond motifs is 1. The minimum Gasteiger partial charge on any atom is -0.325 e. The minimum absolute atomic E-state index is 0.0260. The number of amides is 1. The first kappa shape index (κ1) is 12.2. The molecule has 1 atom stereocenters. The van der Waals surface area contributed by atoms with Crippen molar-refractivity contribution in [2.75, 3.05) is 5.32 Å². The van der Waals surface area contributed by atoms with E-state index < -0.39 is 0 Å². The summed E-state index contributed by atoms with van der Waals surface area (Å²) in [5.74, 6) is -0.154. The third kappa shape index (κ3) is 2.36. The predicted octanol–water partition coefficient (Wildman–Crippen LogP) is 4.01. The summed E-state index contributed by atoms with van der Waals surface area (Å²) < 4.78 is 0. The first-order valence-corrected chi connectivity index (χ1v) is 6.76. The topological polar surface area (TPSA) is 29.1 Å². The van der Waals surface area contributed by atoms with Gasteiger partial charge in [0.2, 0.25) is 5.91 Å². The van der Waals surface area contributed by atoms with Crippen LogP contribution < -0.4 is 5.32 Å². The fourth-order valence-electron chi connectivity index (χ4n) is 2.57. The Morgan fingerprint density at radius 2 is 1.79 bits per heavy atom. The van der Waals surface area contributed by atoms with Crippen LogP contribution in [0.15, 0.2) is 48.5 Å². The van der Waals surface area contributed by atoms with E-state index in [-0.39, 0.29) is 11.8 Å². The number of nitrogens with one attached hydrogen (secondary N) is 1. The van der Waals surface area contributed by atoms with Gasteiger partial charge in [-0.05, 0) is 36.1 Å². The molecule has 0 saturated carbocycles. The summed E-state index contributed by atoms with van der Waals surface area (Å²) in [6.45, 7) is 0. The molecule has 96 valence electrons. The Hall–Kier alpha value is -1.80. The number of rotatable bonds is 1.